The van der Waals surface area contributed by atoms with E-state index in [1.807, 2.05) is 31.0 Å². The molecule has 0 saturated carbocycles. The largest absolute Gasteiger partial charge is 0.506 e. The fourth-order valence-corrected chi connectivity index (χ4v) is 4.46. The third-order valence-corrected chi connectivity index (χ3v) is 5.96. The zero-order chi connectivity index (χ0) is 21.1. The van der Waals surface area contributed by atoms with Gasteiger partial charge in [0.1, 0.15) is 5.75 Å². The number of pyridine rings is 1. The van der Waals surface area contributed by atoms with E-state index in [-0.39, 0.29) is 11.7 Å². The number of hydrogen-bond donors (Lipinski definition) is 2. The molecule has 1 aliphatic heterocycles. The predicted octanol–water partition coefficient (Wildman–Crippen LogP) is 4.70. The van der Waals surface area contributed by atoms with Gasteiger partial charge in [-0.25, -0.2) is 0 Å². The van der Waals surface area contributed by atoms with Crippen molar-refractivity contribution < 1.29 is 9.90 Å². The Bertz CT molecular complexity index is 959. The fourth-order valence-electron chi connectivity index (χ4n) is 4.08. The highest BCUT2D eigenvalue weighted by Gasteiger charge is 2.26. The van der Waals surface area contributed by atoms with Gasteiger partial charge in [-0.05, 0) is 76.5 Å². The Balaban J connectivity index is 0.00000117. The zero-order valence-corrected chi connectivity index (χ0v) is 18.8. The minimum Gasteiger partial charge on any atom is -0.506 e. The molecule has 2 aromatic rings. The van der Waals surface area contributed by atoms with Crippen LogP contribution in [0.25, 0.3) is 5.57 Å². The van der Waals surface area contributed by atoms with Crippen molar-refractivity contribution in [1.82, 2.24) is 9.88 Å². The van der Waals surface area contributed by atoms with E-state index in [4.69, 9.17) is 10.7 Å². The van der Waals surface area contributed by atoms with Crippen LogP contribution in [-0.4, -0.2) is 34.0 Å². The molecule has 4 rings (SSSR count). The van der Waals surface area contributed by atoms with E-state index in [0.29, 0.717) is 5.69 Å². The number of amides is 1. The van der Waals surface area contributed by atoms with Gasteiger partial charge in [0.25, 0.3) is 0 Å². The Morgan fingerprint density at radius 3 is 2.41 bits per heavy atom. The van der Waals surface area contributed by atoms with Crippen LogP contribution in [0.2, 0.25) is 0 Å². The molecule has 1 saturated heterocycles. The second-order valence-corrected chi connectivity index (χ2v) is 8.13. The topological polar surface area (TPSA) is 79.5 Å². The number of nitrogen functional groups attached to an aromatic ring is 1. The van der Waals surface area contributed by atoms with Crippen molar-refractivity contribution in [3.8, 4) is 5.75 Å². The van der Waals surface area contributed by atoms with Crippen molar-refractivity contribution in [3.05, 3.63) is 56.8 Å². The molecular formula is C23H28BrN3O2. The van der Waals surface area contributed by atoms with Crippen molar-refractivity contribution in [2.45, 2.75) is 46.5 Å². The summed E-state index contributed by atoms with van der Waals surface area (Å²) in [5, 5.41) is 10.1. The molecule has 1 fully saturated rings. The summed E-state index contributed by atoms with van der Waals surface area (Å²) in [6, 6.07) is 5.79. The van der Waals surface area contributed by atoms with Crippen LogP contribution in [0.4, 0.5) is 5.69 Å². The maximum absolute atomic E-state index is 11.7. The van der Waals surface area contributed by atoms with Crippen LogP contribution in [0.15, 0.2) is 34.4 Å². The molecule has 6 heteroatoms. The number of likely N-dealkylation sites (tertiary alicyclic amines) is 1. The molecule has 1 amide bonds. The van der Waals surface area contributed by atoms with Crippen LogP contribution in [0, 0.1) is 0 Å². The molecule has 1 aliphatic carbocycles. The quantitative estimate of drug-likeness (QED) is 0.443. The summed E-state index contributed by atoms with van der Waals surface area (Å²) in [4.78, 5) is 18.3. The average molecular weight is 458 g/mol. The van der Waals surface area contributed by atoms with E-state index in [0.717, 1.165) is 65.6 Å². The van der Waals surface area contributed by atoms with Crippen molar-refractivity contribution >= 4 is 33.1 Å². The smallest absolute Gasteiger partial charge is 0.219 e. The van der Waals surface area contributed by atoms with E-state index >= 15 is 0 Å². The van der Waals surface area contributed by atoms with Gasteiger partial charge in [-0.1, -0.05) is 19.4 Å². The number of aromatic nitrogens is 1. The number of nitrogens with zero attached hydrogens (tertiary/aromatic N) is 2. The molecule has 0 radical (unpaired) electrons. The van der Waals surface area contributed by atoms with E-state index in [1.165, 1.54) is 11.1 Å². The molecule has 1 aromatic heterocycles. The van der Waals surface area contributed by atoms with Gasteiger partial charge in [0.15, 0.2) is 0 Å². The van der Waals surface area contributed by atoms with Gasteiger partial charge in [-0.3, -0.25) is 9.78 Å². The molecule has 1 aromatic carbocycles. The second-order valence-electron chi connectivity index (χ2n) is 7.21. The van der Waals surface area contributed by atoms with Crippen LogP contribution >= 0.6 is 15.9 Å². The van der Waals surface area contributed by atoms with Gasteiger partial charge in [0.05, 0.1) is 11.4 Å². The zero-order valence-electron chi connectivity index (χ0n) is 17.3. The van der Waals surface area contributed by atoms with E-state index in [2.05, 4.69) is 22.0 Å². The third kappa shape index (κ3) is 4.32. The van der Waals surface area contributed by atoms with Gasteiger partial charge >= 0.3 is 0 Å². The van der Waals surface area contributed by atoms with E-state index in [1.54, 1.807) is 13.0 Å². The summed E-state index contributed by atoms with van der Waals surface area (Å²) >= 11 is 3.53. The molecule has 0 unspecified atom stereocenters. The van der Waals surface area contributed by atoms with E-state index in [9.17, 15) is 9.90 Å². The molecule has 3 N–H and O–H groups in total. The van der Waals surface area contributed by atoms with Crippen molar-refractivity contribution in [2.75, 3.05) is 18.8 Å². The highest BCUT2D eigenvalue weighted by atomic mass is 79.9. The number of anilines is 1. The predicted molar refractivity (Wildman–Crippen MR) is 121 cm³/mol. The Morgan fingerprint density at radius 1 is 1.10 bits per heavy atom. The fraction of sp³-hybridized carbons (Fsp3) is 0.391. The van der Waals surface area contributed by atoms with Crippen LogP contribution in [-0.2, 0) is 17.6 Å². The molecule has 2 aliphatic rings. The number of halogens is 1. The van der Waals surface area contributed by atoms with Crippen LogP contribution in [0.3, 0.4) is 0 Å². The lowest BCUT2D eigenvalue weighted by Gasteiger charge is -2.29. The highest BCUT2D eigenvalue weighted by molar-refractivity contribution is 9.10. The van der Waals surface area contributed by atoms with Crippen LogP contribution in [0.5, 0.6) is 5.75 Å². The number of nitrogens with two attached hydrogens (primary N) is 1. The molecule has 154 valence electrons. The van der Waals surface area contributed by atoms with Gasteiger partial charge in [-0.2, -0.15) is 0 Å². The number of benzene rings is 1. The van der Waals surface area contributed by atoms with Crippen molar-refractivity contribution in [1.29, 1.82) is 0 Å². The number of carbonyl (C=O) groups is 1. The van der Waals surface area contributed by atoms with Gasteiger partial charge in [0, 0.05) is 36.3 Å². The number of rotatable bonds is 0. The van der Waals surface area contributed by atoms with Gasteiger partial charge < -0.3 is 15.7 Å². The lowest BCUT2D eigenvalue weighted by Crippen LogP contribution is -2.34. The van der Waals surface area contributed by atoms with Gasteiger partial charge in [-0.15, -0.1) is 0 Å². The third-order valence-electron chi connectivity index (χ3n) is 5.52. The first-order chi connectivity index (χ1) is 13.9. The molecule has 0 atom stereocenters. The van der Waals surface area contributed by atoms with Crippen molar-refractivity contribution in [2.24, 2.45) is 0 Å². The second kappa shape index (κ2) is 8.99. The maximum atomic E-state index is 11.7. The first-order valence-corrected chi connectivity index (χ1v) is 11.0. The summed E-state index contributed by atoms with van der Waals surface area (Å²) in [5.41, 5.74) is 13.2. The Kier molecular flexibility index (Phi) is 6.63. The number of aryl methyl sites for hydroxylation is 2. The monoisotopic (exact) mass is 457 g/mol. The normalized spacial score (nSPS) is 15.7. The molecule has 0 bridgehead atoms. The van der Waals surface area contributed by atoms with Crippen molar-refractivity contribution in [3.63, 3.8) is 0 Å². The summed E-state index contributed by atoms with van der Waals surface area (Å²) in [5.74, 6) is 0.251. The summed E-state index contributed by atoms with van der Waals surface area (Å²) in [6.07, 6.45) is 5.16. The molecular weight excluding hydrogens is 430 g/mol. The first-order valence-electron chi connectivity index (χ1n) is 10.2. The number of piperidine rings is 1. The number of phenols is 1. The number of hydrogen-bond acceptors (Lipinski definition) is 4. The lowest BCUT2D eigenvalue weighted by molar-refractivity contribution is -0.129. The van der Waals surface area contributed by atoms with Crippen LogP contribution < -0.4 is 5.73 Å². The number of carbonyl (C=O) groups excluding carboxylic acids is 1. The SMILES string of the molecule is CC.CC(=O)N1CCC(=C2c3cc(N)c(O)cc3CCc3cc(Br)cnc32)CC1. The molecule has 0 spiro atoms. The maximum Gasteiger partial charge on any atom is 0.219 e. The first kappa shape index (κ1) is 21.4. The minimum absolute atomic E-state index is 0.122. The lowest BCUT2D eigenvalue weighted by atomic mass is 9.88. The summed E-state index contributed by atoms with van der Waals surface area (Å²) in [6.45, 7) is 7.07. The van der Waals surface area contributed by atoms with Gasteiger partial charge in [0.2, 0.25) is 5.91 Å². The molecule has 5 nitrogen and oxygen atoms in total. The number of fused-ring (bicyclic) bond motifs is 2. The Morgan fingerprint density at radius 2 is 1.76 bits per heavy atom. The standard InChI is InChI=1S/C21H22BrN3O2.C2H6/c1-12(26)25-6-4-13(5-7-25)20-17-10-18(23)19(27)9-14(17)2-3-15-8-16(22)11-24-21(15)20;1-2/h8-11,27H,2-7,23H2,1H3;1-2H3. The molecule has 29 heavy (non-hydrogen) atoms. The highest BCUT2D eigenvalue weighted by Crippen LogP contribution is 2.40. The number of phenolic OH excluding ortho intramolecular Hbond substituents is 1. The summed E-state index contributed by atoms with van der Waals surface area (Å²) < 4.78 is 0.963. The number of aromatic hydroxyl groups is 1. The van der Waals surface area contributed by atoms with E-state index < -0.39 is 0 Å². The summed E-state index contributed by atoms with van der Waals surface area (Å²) in [7, 11) is 0. The molecule has 2 heterocycles. The Labute approximate surface area is 180 Å². The Hall–Kier alpha value is -2.34. The van der Waals surface area contributed by atoms with Crippen LogP contribution in [0.1, 0.15) is 56.0 Å². The minimum atomic E-state index is 0.122. The average Bonchev–Trinajstić information content (AvgIpc) is 2.86.